The smallest absolute Gasteiger partial charge is 0.161 e. The molecule has 3 saturated carbocycles. The van der Waals surface area contributed by atoms with Gasteiger partial charge >= 0.3 is 0 Å². The molecule has 6 heteroatoms. The highest BCUT2D eigenvalue weighted by Crippen LogP contribution is 2.61. The summed E-state index contributed by atoms with van der Waals surface area (Å²) in [4.78, 5) is 0. The number of fused-ring (bicyclic) bond motifs is 2. The minimum Gasteiger partial charge on any atom is -0.493 e. The number of halogens is 1. The Morgan fingerprint density at radius 1 is 1.06 bits per heavy atom. The van der Waals surface area contributed by atoms with E-state index in [1.165, 1.54) is 31.2 Å². The molecular weight excluding hydrogens is 470 g/mol. The molecule has 2 bridgehead atoms. The molecule has 1 aromatic carbocycles. The van der Waals surface area contributed by atoms with Crippen LogP contribution in [0.15, 0.2) is 16.6 Å². The lowest BCUT2D eigenvalue weighted by molar-refractivity contribution is -0.947. The van der Waals surface area contributed by atoms with E-state index in [9.17, 15) is 0 Å². The summed E-state index contributed by atoms with van der Waals surface area (Å²) in [6.45, 7) is 12.3. The zero-order valence-electron chi connectivity index (χ0n) is 20.3. The summed E-state index contributed by atoms with van der Waals surface area (Å²) in [6, 6.07) is 4.12. The molecule has 5 rings (SSSR count). The van der Waals surface area contributed by atoms with Gasteiger partial charge in [-0.15, -0.1) is 0 Å². The fourth-order valence-electron chi connectivity index (χ4n) is 6.47. The van der Waals surface area contributed by atoms with Gasteiger partial charge in [-0.1, -0.05) is 29.8 Å². The summed E-state index contributed by atoms with van der Waals surface area (Å²) < 4.78 is 25.0. The van der Waals surface area contributed by atoms with Gasteiger partial charge in [-0.05, 0) is 61.0 Å². The van der Waals surface area contributed by atoms with Crippen LogP contribution in [0.5, 0.6) is 11.5 Å². The van der Waals surface area contributed by atoms with E-state index in [4.69, 9.17) is 18.9 Å². The van der Waals surface area contributed by atoms with Crippen LogP contribution in [0.1, 0.15) is 45.1 Å². The molecule has 4 fully saturated rings. The van der Waals surface area contributed by atoms with Gasteiger partial charge in [0.2, 0.25) is 0 Å². The van der Waals surface area contributed by atoms with Gasteiger partial charge in [0.1, 0.15) is 26.2 Å². The SMILES string of the molecule is COc1cc(Br)c(C[N+]2(CCOCC[C@@H]3CC[C@@H]4C[C@@H]3C4(C)C)CCOCC2)cc1OC. The molecule has 1 aliphatic heterocycles. The van der Waals surface area contributed by atoms with Gasteiger partial charge in [-0.25, -0.2) is 0 Å². The van der Waals surface area contributed by atoms with Crippen molar-refractivity contribution in [3.05, 3.63) is 22.2 Å². The molecule has 4 aliphatic rings. The summed E-state index contributed by atoms with van der Waals surface area (Å²) in [7, 11) is 3.37. The van der Waals surface area contributed by atoms with Gasteiger partial charge in [-0.3, -0.25) is 0 Å². The Hall–Kier alpha value is -0.820. The fourth-order valence-corrected chi connectivity index (χ4v) is 6.92. The van der Waals surface area contributed by atoms with Crippen molar-refractivity contribution in [3.63, 3.8) is 0 Å². The van der Waals surface area contributed by atoms with Gasteiger partial charge in [-0.2, -0.15) is 0 Å². The molecule has 32 heavy (non-hydrogen) atoms. The zero-order valence-corrected chi connectivity index (χ0v) is 21.9. The van der Waals surface area contributed by atoms with E-state index < -0.39 is 0 Å². The lowest BCUT2D eigenvalue weighted by Crippen LogP contribution is -2.56. The first-order chi connectivity index (χ1) is 15.4. The van der Waals surface area contributed by atoms with Crippen LogP contribution in [-0.4, -0.2) is 64.8 Å². The second kappa shape index (κ2) is 10.2. The Morgan fingerprint density at radius 3 is 2.44 bits per heavy atom. The third-order valence-electron chi connectivity index (χ3n) is 8.82. The molecule has 0 radical (unpaired) electrons. The van der Waals surface area contributed by atoms with Gasteiger partial charge in [0.25, 0.3) is 0 Å². The summed E-state index contributed by atoms with van der Waals surface area (Å²) in [6.07, 6.45) is 5.52. The number of ether oxygens (including phenoxy) is 4. The maximum atomic E-state index is 6.23. The van der Waals surface area contributed by atoms with Crippen molar-refractivity contribution in [1.82, 2.24) is 0 Å². The van der Waals surface area contributed by atoms with Crippen molar-refractivity contribution >= 4 is 15.9 Å². The molecule has 0 N–H and O–H groups in total. The molecule has 180 valence electrons. The van der Waals surface area contributed by atoms with Crippen LogP contribution in [-0.2, 0) is 16.0 Å². The van der Waals surface area contributed by atoms with Crippen molar-refractivity contribution in [3.8, 4) is 11.5 Å². The second-order valence-electron chi connectivity index (χ2n) is 10.7. The largest absolute Gasteiger partial charge is 0.493 e. The first-order valence-corrected chi connectivity index (χ1v) is 13.1. The normalized spacial score (nSPS) is 28.1. The number of morpholine rings is 1. The van der Waals surface area contributed by atoms with E-state index in [1.54, 1.807) is 14.2 Å². The molecule has 3 atom stereocenters. The number of hydrogen-bond acceptors (Lipinski definition) is 4. The van der Waals surface area contributed by atoms with Crippen molar-refractivity contribution in [2.24, 2.45) is 23.2 Å². The van der Waals surface area contributed by atoms with Crippen LogP contribution in [0.3, 0.4) is 0 Å². The summed E-state index contributed by atoms with van der Waals surface area (Å²) in [5, 5.41) is 0. The molecule has 1 aromatic rings. The van der Waals surface area contributed by atoms with Crippen LogP contribution in [0.2, 0.25) is 0 Å². The summed E-state index contributed by atoms with van der Waals surface area (Å²) >= 11 is 3.75. The van der Waals surface area contributed by atoms with Crippen molar-refractivity contribution in [1.29, 1.82) is 0 Å². The molecule has 3 aliphatic carbocycles. The van der Waals surface area contributed by atoms with Crippen molar-refractivity contribution in [2.45, 2.75) is 46.1 Å². The lowest BCUT2D eigenvalue weighted by atomic mass is 9.45. The maximum absolute atomic E-state index is 6.23. The number of methoxy groups -OCH3 is 2. The first kappa shape index (κ1) is 24.3. The van der Waals surface area contributed by atoms with Gasteiger partial charge < -0.3 is 23.4 Å². The molecule has 0 aromatic heterocycles. The molecule has 0 amide bonds. The highest BCUT2D eigenvalue weighted by Gasteiger charge is 2.53. The Morgan fingerprint density at radius 2 is 1.78 bits per heavy atom. The summed E-state index contributed by atoms with van der Waals surface area (Å²) in [5.74, 6) is 4.30. The molecule has 0 spiro atoms. The predicted molar refractivity (Wildman–Crippen MR) is 130 cm³/mol. The second-order valence-corrected chi connectivity index (χ2v) is 11.5. The van der Waals surface area contributed by atoms with Gasteiger partial charge in [0.05, 0.1) is 34.0 Å². The minimum atomic E-state index is 0.568. The van der Waals surface area contributed by atoms with E-state index >= 15 is 0 Å². The highest BCUT2D eigenvalue weighted by atomic mass is 79.9. The third-order valence-corrected chi connectivity index (χ3v) is 9.56. The van der Waals surface area contributed by atoms with E-state index in [0.29, 0.717) is 5.41 Å². The van der Waals surface area contributed by atoms with Gasteiger partial charge in [0, 0.05) is 16.6 Å². The average molecular weight is 512 g/mol. The Bertz CT molecular complexity index is 775. The number of nitrogens with zero attached hydrogens (tertiary/aromatic N) is 1. The number of benzene rings is 1. The molecular formula is C26H41BrNO4+. The van der Waals surface area contributed by atoms with Crippen LogP contribution < -0.4 is 9.47 Å². The van der Waals surface area contributed by atoms with Crippen LogP contribution in [0.4, 0.5) is 0 Å². The Labute approximate surface area is 202 Å². The quantitative estimate of drug-likeness (QED) is 0.316. The zero-order chi connectivity index (χ0) is 22.8. The fraction of sp³-hybridized carbons (Fsp3) is 0.769. The van der Waals surface area contributed by atoms with Gasteiger partial charge in [0.15, 0.2) is 11.5 Å². The van der Waals surface area contributed by atoms with Crippen molar-refractivity contribution < 1.29 is 23.4 Å². The average Bonchev–Trinajstić information content (AvgIpc) is 2.80. The molecule has 1 saturated heterocycles. The highest BCUT2D eigenvalue weighted by molar-refractivity contribution is 9.10. The third kappa shape index (κ3) is 4.98. The lowest BCUT2D eigenvalue weighted by Gasteiger charge is -2.60. The standard InChI is InChI=1S/C26H41BrNO4/c1-26(2)21-6-5-19(22(26)16-21)7-11-31-12-8-28(9-13-32-14-10-28)18-20-15-24(29-3)25(30-4)17-23(20)27/h15,17,19,21-22H,5-14,16,18H2,1-4H3/q+1/t19-,21+,22-/m0/s1. The van der Waals surface area contributed by atoms with E-state index in [1.807, 2.05) is 6.07 Å². The number of hydrogen-bond donors (Lipinski definition) is 0. The molecule has 1 heterocycles. The van der Waals surface area contributed by atoms with Crippen LogP contribution in [0, 0.1) is 23.2 Å². The molecule has 0 unspecified atom stereocenters. The maximum Gasteiger partial charge on any atom is 0.161 e. The van der Waals surface area contributed by atoms with E-state index in [0.717, 1.165) is 90.8 Å². The van der Waals surface area contributed by atoms with E-state index in [-0.39, 0.29) is 0 Å². The predicted octanol–water partition coefficient (Wildman–Crippen LogP) is 5.29. The Kier molecular flexibility index (Phi) is 7.75. The minimum absolute atomic E-state index is 0.568. The van der Waals surface area contributed by atoms with Crippen LogP contribution in [0.25, 0.3) is 0 Å². The monoisotopic (exact) mass is 510 g/mol. The number of rotatable bonds is 10. The molecule has 5 nitrogen and oxygen atoms in total. The number of quaternary nitrogens is 1. The van der Waals surface area contributed by atoms with E-state index in [2.05, 4.69) is 35.8 Å². The summed E-state index contributed by atoms with van der Waals surface area (Å²) in [5.41, 5.74) is 1.81. The first-order valence-electron chi connectivity index (χ1n) is 12.3. The van der Waals surface area contributed by atoms with Crippen molar-refractivity contribution in [2.75, 3.05) is 60.3 Å². The Balaban J connectivity index is 1.32. The topological polar surface area (TPSA) is 36.9 Å². The van der Waals surface area contributed by atoms with Crippen LogP contribution >= 0.6 is 15.9 Å².